The van der Waals surface area contributed by atoms with Crippen LogP contribution < -0.4 is 16.6 Å². The number of hydrogen-bond donors (Lipinski definition) is 2. The van der Waals surface area contributed by atoms with E-state index < -0.39 is 31.7 Å². The third-order valence-corrected chi connectivity index (χ3v) is 9.74. The highest BCUT2D eigenvalue weighted by molar-refractivity contribution is 6.74. The zero-order chi connectivity index (χ0) is 18.4. The predicted octanol–water partition coefficient (Wildman–Crippen LogP) is 1.50. The fourth-order valence-electron chi connectivity index (χ4n) is 2.60. The lowest BCUT2D eigenvalue weighted by atomic mass is 9.91. The average molecular weight is 353 g/mol. The fraction of sp³-hybridized carbons (Fsp3) is 0.688. The van der Waals surface area contributed by atoms with Gasteiger partial charge in [0.15, 0.2) is 8.32 Å². The zero-order valence-electron chi connectivity index (χ0n) is 15.4. The normalized spacial score (nSPS) is 22.7. The third kappa shape index (κ3) is 3.25. The van der Waals surface area contributed by atoms with E-state index in [0.717, 1.165) is 0 Å². The highest BCUT2D eigenvalue weighted by Gasteiger charge is 2.48. The summed E-state index contributed by atoms with van der Waals surface area (Å²) in [5.41, 5.74) is -0.517. The first kappa shape index (κ1) is 18.7. The minimum absolute atomic E-state index is 0.0301. The molecule has 3 atom stereocenters. The first-order valence-electron chi connectivity index (χ1n) is 8.15. The number of carbonyl (C=O) groups is 1. The topological polar surface area (TPSA) is 93.2 Å². The van der Waals surface area contributed by atoms with Crippen molar-refractivity contribution in [3.63, 3.8) is 0 Å². The van der Waals surface area contributed by atoms with E-state index in [2.05, 4.69) is 44.2 Å². The van der Waals surface area contributed by atoms with Crippen LogP contribution in [0.1, 0.15) is 39.4 Å². The second-order valence-corrected chi connectivity index (χ2v) is 12.8. The van der Waals surface area contributed by atoms with Gasteiger partial charge in [-0.3, -0.25) is 19.1 Å². The van der Waals surface area contributed by atoms with Crippen LogP contribution in [0.15, 0.2) is 15.8 Å². The van der Waals surface area contributed by atoms with Crippen molar-refractivity contribution >= 4 is 14.2 Å². The van der Waals surface area contributed by atoms with Gasteiger partial charge in [0.05, 0.1) is 6.10 Å². The number of hydrogen-bond acceptors (Lipinski definition) is 4. The number of amides is 1. The number of nitrogens with zero attached hydrogens (tertiary/aromatic N) is 1. The van der Waals surface area contributed by atoms with Crippen LogP contribution in [0, 0.1) is 12.8 Å². The van der Waals surface area contributed by atoms with Gasteiger partial charge in [-0.05, 0) is 32.0 Å². The highest BCUT2D eigenvalue weighted by atomic mass is 28.4. The van der Waals surface area contributed by atoms with Crippen molar-refractivity contribution in [2.45, 2.75) is 65.0 Å². The number of nitrogens with one attached hydrogen (secondary N) is 2. The lowest BCUT2D eigenvalue weighted by molar-refractivity contribution is -0.144. The van der Waals surface area contributed by atoms with Crippen molar-refractivity contribution in [2.75, 3.05) is 0 Å². The Kier molecular flexibility index (Phi) is 4.66. The average Bonchev–Trinajstić information content (AvgIpc) is 2.38. The maximum absolute atomic E-state index is 12.1. The van der Waals surface area contributed by atoms with E-state index in [1.165, 1.54) is 10.8 Å². The van der Waals surface area contributed by atoms with Crippen LogP contribution in [0.2, 0.25) is 18.1 Å². The van der Waals surface area contributed by atoms with E-state index >= 15 is 0 Å². The zero-order valence-corrected chi connectivity index (χ0v) is 16.4. The van der Waals surface area contributed by atoms with Crippen LogP contribution in [0.5, 0.6) is 0 Å². The molecule has 134 valence electrons. The lowest BCUT2D eigenvalue weighted by Crippen LogP contribution is -2.62. The molecular formula is C16H27N3O4Si. The summed E-state index contributed by atoms with van der Waals surface area (Å²) in [6, 6.07) is 0. The Morgan fingerprint density at radius 1 is 1.25 bits per heavy atom. The maximum Gasteiger partial charge on any atom is 0.330 e. The van der Waals surface area contributed by atoms with Gasteiger partial charge in [-0.2, -0.15) is 0 Å². The summed E-state index contributed by atoms with van der Waals surface area (Å²) in [5, 5.41) is 2.77. The molecule has 0 aromatic carbocycles. The smallest absolute Gasteiger partial charge is 0.330 e. The van der Waals surface area contributed by atoms with Gasteiger partial charge in [0.25, 0.3) is 5.56 Å². The van der Waals surface area contributed by atoms with Gasteiger partial charge in [-0.25, -0.2) is 4.79 Å². The number of H-pyrrole nitrogens is 1. The van der Waals surface area contributed by atoms with E-state index in [4.69, 9.17) is 4.43 Å². The van der Waals surface area contributed by atoms with E-state index in [1.807, 2.05) is 6.92 Å². The molecule has 2 rings (SSSR count). The second kappa shape index (κ2) is 6.00. The SMILES string of the molecule is Cc1cn([C@H]2NC(=O)[C@@H]2[C@@H](C)O[Si](C)(C)C(C)(C)C)c(=O)[nH]c1=O. The standard InChI is InChI=1S/C16H27N3O4Si/c1-9-8-19(15(22)18-13(9)20)12-11(14(21)17-12)10(2)23-24(6,7)16(3,4)5/h8,10-12H,1-7H3,(H,17,21)(H,18,20,22)/t10-,11-,12-/m1/s1. The molecule has 1 aliphatic rings. The molecule has 2 heterocycles. The van der Waals surface area contributed by atoms with Gasteiger partial charge in [-0.1, -0.05) is 20.8 Å². The molecule has 7 nitrogen and oxygen atoms in total. The molecule has 1 amide bonds. The molecule has 1 aliphatic heterocycles. The van der Waals surface area contributed by atoms with E-state index in [0.29, 0.717) is 5.56 Å². The summed E-state index contributed by atoms with van der Waals surface area (Å²) >= 11 is 0. The molecule has 24 heavy (non-hydrogen) atoms. The van der Waals surface area contributed by atoms with Crippen molar-refractivity contribution in [3.05, 3.63) is 32.6 Å². The summed E-state index contributed by atoms with van der Waals surface area (Å²) < 4.78 is 7.68. The van der Waals surface area contributed by atoms with Gasteiger partial charge in [0.2, 0.25) is 5.91 Å². The molecule has 1 fully saturated rings. The number of aromatic nitrogens is 2. The largest absolute Gasteiger partial charge is 0.413 e. The molecule has 0 bridgehead atoms. The molecule has 8 heteroatoms. The molecule has 0 radical (unpaired) electrons. The summed E-state index contributed by atoms with van der Waals surface area (Å²) in [5.74, 6) is -0.593. The monoisotopic (exact) mass is 353 g/mol. The lowest BCUT2D eigenvalue weighted by Gasteiger charge is -2.45. The summed E-state index contributed by atoms with van der Waals surface area (Å²) in [7, 11) is -2.03. The Bertz CT molecular complexity index is 760. The minimum atomic E-state index is -2.03. The number of β-lactam (4-membered cyclic amide) rings is 1. The van der Waals surface area contributed by atoms with Crippen LogP contribution in [0.25, 0.3) is 0 Å². The summed E-state index contributed by atoms with van der Waals surface area (Å²) in [6.45, 7) is 14.2. The second-order valence-electron chi connectivity index (χ2n) is 8.04. The number of aromatic amines is 1. The molecule has 1 aromatic rings. The Morgan fingerprint density at radius 2 is 1.83 bits per heavy atom. The molecule has 0 aliphatic carbocycles. The number of carbonyl (C=O) groups excluding carboxylic acids is 1. The number of aryl methyl sites for hydroxylation is 1. The molecule has 2 N–H and O–H groups in total. The summed E-state index contributed by atoms with van der Waals surface area (Å²) in [4.78, 5) is 38.0. The molecule has 0 unspecified atom stereocenters. The van der Waals surface area contributed by atoms with Crippen molar-refractivity contribution < 1.29 is 9.22 Å². The Balaban J connectivity index is 2.27. The molecule has 1 aromatic heterocycles. The number of rotatable bonds is 4. The predicted molar refractivity (Wildman–Crippen MR) is 94.5 cm³/mol. The Hall–Kier alpha value is -1.67. The molecule has 0 saturated carbocycles. The highest BCUT2D eigenvalue weighted by Crippen LogP contribution is 2.39. The van der Waals surface area contributed by atoms with Crippen LogP contribution in [0.3, 0.4) is 0 Å². The van der Waals surface area contributed by atoms with Crippen molar-refractivity contribution in [1.29, 1.82) is 0 Å². The Morgan fingerprint density at radius 3 is 2.33 bits per heavy atom. The molecular weight excluding hydrogens is 326 g/mol. The van der Waals surface area contributed by atoms with Crippen LogP contribution in [-0.2, 0) is 9.22 Å². The van der Waals surface area contributed by atoms with Crippen molar-refractivity contribution in [1.82, 2.24) is 14.9 Å². The summed E-state index contributed by atoms with van der Waals surface area (Å²) in [6.07, 6.45) is 0.668. The quantitative estimate of drug-likeness (QED) is 0.634. The molecule has 0 spiro atoms. The van der Waals surface area contributed by atoms with Gasteiger partial charge < -0.3 is 9.74 Å². The van der Waals surface area contributed by atoms with Gasteiger partial charge in [0, 0.05) is 11.8 Å². The Labute approximate surface area is 142 Å². The maximum atomic E-state index is 12.1. The van der Waals surface area contributed by atoms with Gasteiger partial charge in [-0.15, -0.1) is 0 Å². The third-order valence-electron chi connectivity index (χ3n) is 5.17. The van der Waals surface area contributed by atoms with E-state index in [1.54, 1.807) is 6.92 Å². The van der Waals surface area contributed by atoms with Gasteiger partial charge >= 0.3 is 5.69 Å². The van der Waals surface area contributed by atoms with Crippen molar-refractivity contribution in [2.24, 2.45) is 5.92 Å². The van der Waals surface area contributed by atoms with Crippen LogP contribution >= 0.6 is 0 Å². The van der Waals surface area contributed by atoms with E-state index in [-0.39, 0.29) is 17.0 Å². The minimum Gasteiger partial charge on any atom is -0.413 e. The van der Waals surface area contributed by atoms with Crippen LogP contribution in [-0.4, -0.2) is 29.9 Å². The van der Waals surface area contributed by atoms with E-state index in [9.17, 15) is 14.4 Å². The van der Waals surface area contributed by atoms with Crippen molar-refractivity contribution in [3.8, 4) is 0 Å². The first-order chi connectivity index (χ1) is 10.8. The van der Waals surface area contributed by atoms with Gasteiger partial charge in [0.1, 0.15) is 12.1 Å². The molecule has 1 saturated heterocycles. The van der Waals surface area contributed by atoms with Crippen LogP contribution in [0.4, 0.5) is 0 Å². The fourth-order valence-corrected chi connectivity index (χ4v) is 4.03. The first-order valence-corrected chi connectivity index (χ1v) is 11.1.